The molecule has 0 unspecified atom stereocenters. The van der Waals surface area contributed by atoms with E-state index in [-0.39, 0.29) is 17.7 Å². The first-order valence-corrected chi connectivity index (χ1v) is 8.06. The highest BCUT2D eigenvalue weighted by Crippen LogP contribution is 2.38. The summed E-state index contributed by atoms with van der Waals surface area (Å²) in [6, 6.07) is 3.54. The van der Waals surface area contributed by atoms with Crippen LogP contribution in [0.25, 0.3) is 6.08 Å². The van der Waals surface area contributed by atoms with Gasteiger partial charge in [0.1, 0.15) is 0 Å². The topological polar surface area (TPSA) is 91.1 Å². The summed E-state index contributed by atoms with van der Waals surface area (Å²) in [5, 5.41) is 0. The van der Waals surface area contributed by atoms with Crippen molar-refractivity contribution in [2.75, 3.05) is 34.4 Å². The van der Waals surface area contributed by atoms with E-state index in [0.717, 1.165) is 5.56 Å². The highest BCUT2D eigenvalue weighted by atomic mass is 16.5. The van der Waals surface area contributed by atoms with Gasteiger partial charge in [-0.3, -0.25) is 9.59 Å². The number of nitrogens with two attached hydrogens (primary N) is 1. The SMILES string of the molecule is COc1cc(/C=C/C(=O)N2CCC(C(N)=O)CC2)cc(OC)c1OC. The molecule has 0 atom stereocenters. The molecule has 1 fully saturated rings. The van der Waals surface area contributed by atoms with Crippen molar-refractivity contribution in [3.8, 4) is 17.2 Å². The molecule has 7 nitrogen and oxygen atoms in total. The summed E-state index contributed by atoms with van der Waals surface area (Å²) in [7, 11) is 4.62. The Morgan fingerprint density at radius 3 is 2.08 bits per heavy atom. The fraction of sp³-hybridized carbons (Fsp3) is 0.444. The van der Waals surface area contributed by atoms with E-state index in [1.807, 2.05) is 0 Å². The maximum absolute atomic E-state index is 12.3. The van der Waals surface area contributed by atoms with Crippen LogP contribution < -0.4 is 19.9 Å². The third-order valence-electron chi connectivity index (χ3n) is 4.31. The highest BCUT2D eigenvalue weighted by Gasteiger charge is 2.24. The molecule has 0 radical (unpaired) electrons. The number of amides is 2. The number of ether oxygens (including phenoxy) is 3. The number of nitrogens with zero attached hydrogens (tertiary/aromatic N) is 1. The van der Waals surface area contributed by atoms with Crippen molar-refractivity contribution < 1.29 is 23.8 Å². The number of benzene rings is 1. The second-order valence-corrected chi connectivity index (χ2v) is 5.79. The van der Waals surface area contributed by atoms with Crippen LogP contribution in [0.2, 0.25) is 0 Å². The zero-order valence-corrected chi connectivity index (χ0v) is 14.8. The van der Waals surface area contributed by atoms with Crippen molar-refractivity contribution in [3.63, 3.8) is 0 Å². The summed E-state index contributed by atoms with van der Waals surface area (Å²) in [6.45, 7) is 1.07. The third kappa shape index (κ3) is 4.43. The standard InChI is InChI=1S/C18H24N2O5/c1-23-14-10-12(11-15(24-2)17(14)25-3)4-5-16(21)20-8-6-13(7-9-20)18(19)22/h4-5,10-11,13H,6-9H2,1-3H3,(H2,19,22)/b5-4+. The number of carbonyl (C=O) groups is 2. The van der Waals surface area contributed by atoms with E-state index in [9.17, 15) is 9.59 Å². The van der Waals surface area contributed by atoms with Crippen molar-refractivity contribution in [1.82, 2.24) is 4.90 Å². The maximum Gasteiger partial charge on any atom is 0.246 e. The van der Waals surface area contributed by atoms with Crippen LogP contribution in [0.3, 0.4) is 0 Å². The lowest BCUT2D eigenvalue weighted by molar-refractivity contribution is -0.130. The van der Waals surface area contributed by atoms with Crippen LogP contribution in [-0.2, 0) is 9.59 Å². The van der Waals surface area contributed by atoms with Crippen molar-refractivity contribution in [1.29, 1.82) is 0 Å². The van der Waals surface area contributed by atoms with E-state index in [2.05, 4.69) is 0 Å². The molecular weight excluding hydrogens is 324 g/mol. The van der Waals surface area contributed by atoms with E-state index in [1.54, 1.807) is 37.3 Å². The van der Waals surface area contributed by atoms with Crippen LogP contribution in [0, 0.1) is 5.92 Å². The van der Waals surface area contributed by atoms with E-state index in [0.29, 0.717) is 43.2 Å². The molecular formula is C18H24N2O5. The Hall–Kier alpha value is -2.70. The zero-order chi connectivity index (χ0) is 18.4. The molecule has 0 spiro atoms. The number of carbonyl (C=O) groups excluding carboxylic acids is 2. The fourth-order valence-electron chi connectivity index (χ4n) is 2.85. The third-order valence-corrected chi connectivity index (χ3v) is 4.31. The Morgan fingerprint density at radius 1 is 1.08 bits per heavy atom. The quantitative estimate of drug-likeness (QED) is 0.786. The van der Waals surface area contributed by atoms with Gasteiger partial charge in [0.25, 0.3) is 0 Å². The molecule has 0 aromatic heterocycles. The van der Waals surface area contributed by atoms with Crippen LogP contribution in [-0.4, -0.2) is 51.1 Å². The van der Waals surface area contributed by atoms with Gasteiger partial charge in [0.05, 0.1) is 21.3 Å². The molecule has 1 saturated heterocycles. The smallest absolute Gasteiger partial charge is 0.246 e. The monoisotopic (exact) mass is 348 g/mol. The molecule has 1 aromatic rings. The van der Waals surface area contributed by atoms with Crippen LogP contribution >= 0.6 is 0 Å². The van der Waals surface area contributed by atoms with Gasteiger partial charge in [0.2, 0.25) is 17.6 Å². The molecule has 0 bridgehead atoms. The molecule has 25 heavy (non-hydrogen) atoms. The summed E-state index contributed by atoms with van der Waals surface area (Å²) >= 11 is 0. The lowest BCUT2D eigenvalue weighted by Crippen LogP contribution is -2.41. The molecule has 1 heterocycles. The first-order valence-electron chi connectivity index (χ1n) is 8.06. The lowest BCUT2D eigenvalue weighted by atomic mass is 9.96. The minimum absolute atomic E-state index is 0.100. The maximum atomic E-state index is 12.3. The van der Waals surface area contributed by atoms with Crippen LogP contribution in [0.4, 0.5) is 0 Å². The summed E-state index contributed by atoms with van der Waals surface area (Å²) in [5.74, 6) is 1.02. The van der Waals surface area contributed by atoms with Crippen molar-refractivity contribution >= 4 is 17.9 Å². The van der Waals surface area contributed by atoms with Gasteiger partial charge in [-0.2, -0.15) is 0 Å². The molecule has 1 aliphatic heterocycles. The van der Waals surface area contributed by atoms with Crippen LogP contribution in [0.15, 0.2) is 18.2 Å². The Labute approximate surface area is 147 Å². The lowest BCUT2D eigenvalue weighted by Gasteiger charge is -2.29. The molecule has 2 rings (SSSR count). The second-order valence-electron chi connectivity index (χ2n) is 5.79. The number of methoxy groups -OCH3 is 3. The van der Waals surface area contributed by atoms with Gasteiger partial charge in [0.15, 0.2) is 11.5 Å². The summed E-state index contributed by atoms with van der Waals surface area (Å²) in [6.07, 6.45) is 4.43. The zero-order valence-electron chi connectivity index (χ0n) is 14.8. The number of likely N-dealkylation sites (tertiary alicyclic amines) is 1. The van der Waals surface area contributed by atoms with Crippen molar-refractivity contribution in [3.05, 3.63) is 23.8 Å². The molecule has 136 valence electrons. The first kappa shape index (κ1) is 18.6. The number of primary amides is 1. The average molecular weight is 348 g/mol. The number of hydrogen-bond donors (Lipinski definition) is 1. The Balaban J connectivity index is 2.08. The predicted octanol–water partition coefficient (Wildman–Crippen LogP) is 1.45. The number of rotatable bonds is 6. The summed E-state index contributed by atoms with van der Waals surface area (Å²) in [4.78, 5) is 25.2. The molecule has 1 aliphatic rings. The predicted molar refractivity (Wildman–Crippen MR) is 93.6 cm³/mol. The summed E-state index contributed by atoms with van der Waals surface area (Å²) in [5.41, 5.74) is 6.07. The van der Waals surface area contributed by atoms with Gasteiger partial charge in [-0.15, -0.1) is 0 Å². The van der Waals surface area contributed by atoms with Gasteiger partial charge >= 0.3 is 0 Å². The number of hydrogen-bond acceptors (Lipinski definition) is 5. The molecule has 2 N–H and O–H groups in total. The second kappa shape index (κ2) is 8.41. The Bertz CT molecular complexity index is 638. The average Bonchev–Trinajstić information content (AvgIpc) is 2.64. The minimum Gasteiger partial charge on any atom is -0.493 e. The highest BCUT2D eigenvalue weighted by molar-refractivity contribution is 5.92. The van der Waals surface area contributed by atoms with Gasteiger partial charge < -0.3 is 24.8 Å². The van der Waals surface area contributed by atoms with E-state index in [1.165, 1.54) is 13.2 Å². The van der Waals surface area contributed by atoms with Gasteiger partial charge in [0, 0.05) is 25.1 Å². The minimum atomic E-state index is -0.292. The van der Waals surface area contributed by atoms with E-state index >= 15 is 0 Å². The van der Waals surface area contributed by atoms with Crippen molar-refractivity contribution in [2.24, 2.45) is 11.7 Å². The Kier molecular flexibility index (Phi) is 6.27. The molecule has 0 aliphatic carbocycles. The molecule has 1 aromatic carbocycles. The van der Waals surface area contributed by atoms with E-state index < -0.39 is 0 Å². The van der Waals surface area contributed by atoms with E-state index in [4.69, 9.17) is 19.9 Å². The van der Waals surface area contributed by atoms with Crippen molar-refractivity contribution in [2.45, 2.75) is 12.8 Å². The molecule has 7 heteroatoms. The number of piperidine rings is 1. The summed E-state index contributed by atoms with van der Waals surface area (Å²) < 4.78 is 15.9. The van der Waals surface area contributed by atoms with Gasteiger partial charge in [-0.05, 0) is 36.6 Å². The first-order chi connectivity index (χ1) is 12.0. The normalized spacial score (nSPS) is 15.2. The molecule has 0 saturated carbocycles. The van der Waals surface area contributed by atoms with Crippen LogP contribution in [0.5, 0.6) is 17.2 Å². The molecule has 2 amide bonds. The largest absolute Gasteiger partial charge is 0.493 e. The fourth-order valence-corrected chi connectivity index (χ4v) is 2.85. The van der Waals surface area contributed by atoms with Crippen LogP contribution in [0.1, 0.15) is 18.4 Å². The Morgan fingerprint density at radius 2 is 1.64 bits per heavy atom. The van der Waals surface area contributed by atoms with Gasteiger partial charge in [-0.1, -0.05) is 0 Å². The van der Waals surface area contributed by atoms with Gasteiger partial charge in [-0.25, -0.2) is 0 Å².